The Morgan fingerprint density at radius 1 is 1.30 bits per heavy atom. The van der Waals surface area contributed by atoms with E-state index in [9.17, 15) is 9.90 Å². The molecular formula is C15H30N2O3. The molecule has 0 spiro atoms. The molecule has 0 heterocycles. The lowest BCUT2D eigenvalue weighted by Gasteiger charge is -2.30. The first-order valence-electron chi connectivity index (χ1n) is 7.86. The van der Waals surface area contributed by atoms with Crippen molar-refractivity contribution in [1.29, 1.82) is 0 Å². The minimum Gasteiger partial charge on any atom is -0.396 e. The van der Waals surface area contributed by atoms with Crippen molar-refractivity contribution in [3.63, 3.8) is 0 Å². The van der Waals surface area contributed by atoms with E-state index in [-0.39, 0.29) is 24.6 Å². The van der Waals surface area contributed by atoms with Crippen LogP contribution >= 0.6 is 0 Å². The van der Waals surface area contributed by atoms with Crippen LogP contribution in [0.25, 0.3) is 0 Å². The van der Waals surface area contributed by atoms with Gasteiger partial charge in [-0.1, -0.05) is 26.7 Å². The van der Waals surface area contributed by atoms with Crippen LogP contribution in [-0.4, -0.2) is 43.5 Å². The molecule has 1 aliphatic rings. The molecule has 118 valence electrons. The van der Waals surface area contributed by atoms with Crippen LogP contribution in [0.5, 0.6) is 0 Å². The average Bonchev–Trinajstić information content (AvgIpc) is 2.43. The second kappa shape index (κ2) is 10.00. The van der Waals surface area contributed by atoms with Crippen molar-refractivity contribution >= 4 is 6.03 Å². The van der Waals surface area contributed by atoms with Gasteiger partial charge in [0.1, 0.15) is 0 Å². The van der Waals surface area contributed by atoms with Gasteiger partial charge in [-0.25, -0.2) is 4.79 Å². The van der Waals surface area contributed by atoms with Crippen molar-refractivity contribution in [2.24, 2.45) is 11.8 Å². The molecule has 0 aromatic rings. The molecule has 2 unspecified atom stereocenters. The van der Waals surface area contributed by atoms with Crippen LogP contribution in [0.1, 0.15) is 46.0 Å². The largest absolute Gasteiger partial charge is 0.396 e. The minimum absolute atomic E-state index is 0.107. The number of hydrogen-bond donors (Lipinski definition) is 3. The second-order valence-electron chi connectivity index (χ2n) is 6.03. The zero-order valence-electron chi connectivity index (χ0n) is 12.9. The summed E-state index contributed by atoms with van der Waals surface area (Å²) in [5.74, 6) is 0.852. The quantitative estimate of drug-likeness (QED) is 0.597. The molecule has 0 saturated heterocycles. The summed E-state index contributed by atoms with van der Waals surface area (Å²) in [5, 5.41) is 15.1. The van der Waals surface area contributed by atoms with E-state index in [1.165, 1.54) is 0 Å². The van der Waals surface area contributed by atoms with E-state index >= 15 is 0 Å². The summed E-state index contributed by atoms with van der Waals surface area (Å²) in [6.07, 6.45) is 5.28. The number of ether oxygens (including phenoxy) is 1. The second-order valence-corrected chi connectivity index (χ2v) is 6.03. The van der Waals surface area contributed by atoms with Gasteiger partial charge in [-0.2, -0.15) is 0 Å². The molecule has 2 atom stereocenters. The maximum absolute atomic E-state index is 11.8. The van der Waals surface area contributed by atoms with Crippen LogP contribution in [0.2, 0.25) is 0 Å². The van der Waals surface area contributed by atoms with E-state index in [1.54, 1.807) is 0 Å². The number of aliphatic hydroxyl groups is 1. The molecule has 1 saturated carbocycles. The zero-order chi connectivity index (χ0) is 14.8. The maximum Gasteiger partial charge on any atom is 0.315 e. The molecule has 0 bridgehead atoms. The van der Waals surface area contributed by atoms with Crippen molar-refractivity contribution in [1.82, 2.24) is 10.6 Å². The van der Waals surface area contributed by atoms with Crippen molar-refractivity contribution in [3.05, 3.63) is 0 Å². The molecule has 0 radical (unpaired) electrons. The smallest absolute Gasteiger partial charge is 0.315 e. The Labute approximate surface area is 122 Å². The Morgan fingerprint density at radius 2 is 2.05 bits per heavy atom. The van der Waals surface area contributed by atoms with Crippen LogP contribution in [0, 0.1) is 11.8 Å². The third kappa shape index (κ3) is 7.10. The number of aliphatic hydroxyl groups excluding tert-OH is 1. The molecule has 1 rings (SSSR count). The number of hydrogen-bond acceptors (Lipinski definition) is 3. The van der Waals surface area contributed by atoms with Crippen LogP contribution in [0.3, 0.4) is 0 Å². The highest BCUT2D eigenvalue weighted by Gasteiger charge is 2.25. The number of rotatable bonds is 8. The van der Waals surface area contributed by atoms with Crippen LogP contribution in [-0.2, 0) is 4.74 Å². The predicted molar refractivity (Wildman–Crippen MR) is 79.6 cm³/mol. The Morgan fingerprint density at radius 3 is 2.75 bits per heavy atom. The molecule has 2 amide bonds. The maximum atomic E-state index is 11.8. The van der Waals surface area contributed by atoms with E-state index in [0.29, 0.717) is 19.1 Å². The molecule has 5 nitrogen and oxygen atoms in total. The fraction of sp³-hybridized carbons (Fsp3) is 0.933. The minimum atomic E-state index is -0.150. The van der Waals surface area contributed by atoms with E-state index in [4.69, 9.17) is 4.74 Å². The molecule has 3 N–H and O–H groups in total. The summed E-state index contributed by atoms with van der Waals surface area (Å²) in [5.41, 5.74) is 0. The van der Waals surface area contributed by atoms with Crippen molar-refractivity contribution in [2.75, 3.05) is 26.4 Å². The highest BCUT2D eigenvalue weighted by atomic mass is 16.5. The average molecular weight is 286 g/mol. The molecule has 0 aromatic carbocycles. The number of carbonyl (C=O) groups is 1. The monoisotopic (exact) mass is 286 g/mol. The van der Waals surface area contributed by atoms with Gasteiger partial charge in [0.15, 0.2) is 0 Å². The van der Waals surface area contributed by atoms with Crippen LogP contribution in [0.4, 0.5) is 4.79 Å². The molecule has 5 heteroatoms. The van der Waals surface area contributed by atoms with Gasteiger partial charge in [0.05, 0.1) is 6.61 Å². The summed E-state index contributed by atoms with van der Waals surface area (Å²) in [4.78, 5) is 11.8. The number of amides is 2. The van der Waals surface area contributed by atoms with Crippen LogP contribution < -0.4 is 10.6 Å². The summed E-state index contributed by atoms with van der Waals surface area (Å²) in [7, 11) is 0. The van der Waals surface area contributed by atoms with E-state index in [0.717, 1.165) is 38.7 Å². The van der Waals surface area contributed by atoms with Gasteiger partial charge in [-0.05, 0) is 25.2 Å². The first-order chi connectivity index (χ1) is 9.63. The highest BCUT2D eigenvalue weighted by Crippen LogP contribution is 2.23. The topological polar surface area (TPSA) is 70.6 Å². The van der Waals surface area contributed by atoms with Crippen molar-refractivity contribution < 1.29 is 14.6 Å². The van der Waals surface area contributed by atoms with E-state index in [2.05, 4.69) is 24.5 Å². The van der Waals surface area contributed by atoms with Gasteiger partial charge in [0, 0.05) is 31.7 Å². The summed E-state index contributed by atoms with van der Waals surface area (Å²) >= 11 is 0. The fourth-order valence-electron chi connectivity index (χ4n) is 2.49. The van der Waals surface area contributed by atoms with Crippen molar-refractivity contribution in [2.45, 2.75) is 52.0 Å². The van der Waals surface area contributed by atoms with Gasteiger partial charge >= 0.3 is 6.03 Å². The number of carbonyl (C=O) groups excluding carboxylic acids is 1. The molecule has 0 aliphatic heterocycles. The molecule has 20 heavy (non-hydrogen) atoms. The molecular weight excluding hydrogens is 256 g/mol. The molecule has 1 fully saturated rings. The van der Waals surface area contributed by atoms with Gasteiger partial charge in [0.25, 0.3) is 0 Å². The summed E-state index contributed by atoms with van der Waals surface area (Å²) in [6, 6.07) is -0.0431. The first-order valence-corrected chi connectivity index (χ1v) is 7.86. The van der Waals surface area contributed by atoms with Crippen molar-refractivity contribution in [3.8, 4) is 0 Å². The Kier molecular flexibility index (Phi) is 8.62. The Hall–Kier alpha value is -0.810. The summed E-state index contributed by atoms with van der Waals surface area (Å²) < 4.78 is 5.44. The van der Waals surface area contributed by atoms with Crippen LogP contribution in [0.15, 0.2) is 0 Å². The number of urea groups is 1. The lowest BCUT2D eigenvalue weighted by Crippen LogP contribution is -2.48. The SMILES string of the molecule is CC(C)CCOCCNC(=O)NC1CCCCC1CO. The standard InChI is InChI=1S/C15H30N2O3/c1-12(2)7-9-20-10-8-16-15(19)17-14-6-4-3-5-13(14)11-18/h12-14,18H,3-11H2,1-2H3,(H2,16,17,19). The normalized spacial score (nSPS) is 22.8. The number of nitrogens with one attached hydrogen (secondary N) is 2. The highest BCUT2D eigenvalue weighted by molar-refractivity contribution is 5.74. The fourth-order valence-corrected chi connectivity index (χ4v) is 2.49. The lowest BCUT2D eigenvalue weighted by molar-refractivity contribution is 0.124. The van der Waals surface area contributed by atoms with E-state index < -0.39 is 0 Å². The Bertz CT molecular complexity index is 272. The third-order valence-corrected chi connectivity index (χ3v) is 3.83. The first kappa shape index (κ1) is 17.2. The van der Waals surface area contributed by atoms with Gasteiger partial charge in [-0.15, -0.1) is 0 Å². The molecule has 0 aromatic heterocycles. The predicted octanol–water partition coefficient (Wildman–Crippen LogP) is 1.90. The van der Waals surface area contributed by atoms with Gasteiger partial charge in [-0.3, -0.25) is 0 Å². The van der Waals surface area contributed by atoms with Gasteiger partial charge in [0.2, 0.25) is 0 Å². The van der Waals surface area contributed by atoms with Gasteiger partial charge < -0.3 is 20.5 Å². The third-order valence-electron chi connectivity index (χ3n) is 3.83. The zero-order valence-corrected chi connectivity index (χ0v) is 12.9. The lowest BCUT2D eigenvalue weighted by atomic mass is 9.85. The van der Waals surface area contributed by atoms with E-state index in [1.807, 2.05) is 0 Å². The molecule has 1 aliphatic carbocycles. The Balaban J connectivity index is 2.07. The summed E-state index contributed by atoms with van der Waals surface area (Å²) in [6.45, 7) is 6.31.